The summed E-state index contributed by atoms with van der Waals surface area (Å²) in [6.45, 7) is 8.23. The van der Waals surface area contributed by atoms with E-state index in [0.717, 1.165) is 3.57 Å². The van der Waals surface area contributed by atoms with Gasteiger partial charge in [0.1, 0.15) is 0 Å². The molecule has 0 saturated carbocycles. The Labute approximate surface area is 139 Å². The molecule has 4 nitrogen and oxygen atoms in total. The lowest BCUT2D eigenvalue weighted by molar-refractivity contribution is -0.140. The molecule has 0 bridgehead atoms. The summed E-state index contributed by atoms with van der Waals surface area (Å²) in [6, 6.07) is 7.59. The van der Waals surface area contributed by atoms with Gasteiger partial charge in [-0.2, -0.15) is 0 Å². The van der Waals surface area contributed by atoms with Gasteiger partial charge < -0.3 is 9.80 Å². The van der Waals surface area contributed by atoms with Gasteiger partial charge in [-0.25, -0.2) is 0 Å². The molecule has 1 saturated heterocycles. The Morgan fingerprint density at radius 2 is 1.43 bits per heavy atom. The first kappa shape index (κ1) is 16.3. The molecule has 1 heterocycles. The Kier molecular flexibility index (Phi) is 4.91. The fourth-order valence-electron chi connectivity index (χ4n) is 2.36. The van der Waals surface area contributed by atoms with E-state index in [1.165, 1.54) is 0 Å². The molecule has 1 aliphatic rings. The van der Waals surface area contributed by atoms with Gasteiger partial charge in [0.2, 0.25) is 5.91 Å². The molecule has 114 valence electrons. The Bertz CT molecular complexity index is 526. The number of piperazine rings is 1. The molecule has 2 amide bonds. The van der Waals surface area contributed by atoms with Gasteiger partial charge in [0.15, 0.2) is 0 Å². The lowest BCUT2D eigenvalue weighted by atomic mass is 9.94. The fourth-order valence-corrected chi connectivity index (χ4v) is 2.72. The Balaban J connectivity index is 1.96. The van der Waals surface area contributed by atoms with E-state index in [4.69, 9.17) is 0 Å². The Hall–Kier alpha value is -1.11. The number of amides is 2. The summed E-state index contributed by atoms with van der Waals surface area (Å²) >= 11 is 2.22. The van der Waals surface area contributed by atoms with Crippen LogP contribution in [0.5, 0.6) is 0 Å². The first-order chi connectivity index (χ1) is 9.79. The predicted molar refractivity (Wildman–Crippen MR) is 91.1 cm³/mol. The first-order valence-electron chi connectivity index (χ1n) is 7.13. The topological polar surface area (TPSA) is 40.6 Å². The van der Waals surface area contributed by atoms with Crippen LogP contribution >= 0.6 is 22.6 Å². The molecule has 0 N–H and O–H groups in total. The minimum Gasteiger partial charge on any atom is -0.339 e. The molecule has 0 spiro atoms. The van der Waals surface area contributed by atoms with Crippen LogP contribution in [0.3, 0.4) is 0 Å². The third-order valence-electron chi connectivity index (χ3n) is 3.59. The maximum Gasteiger partial charge on any atom is 0.253 e. The third-order valence-corrected chi connectivity index (χ3v) is 4.31. The average molecular weight is 400 g/mol. The number of hydrogen-bond donors (Lipinski definition) is 0. The second kappa shape index (κ2) is 6.34. The zero-order valence-electron chi connectivity index (χ0n) is 12.7. The van der Waals surface area contributed by atoms with Crippen molar-refractivity contribution in [1.82, 2.24) is 9.80 Å². The van der Waals surface area contributed by atoms with Crippen molar-refractivity contribution in [3.63, 3.8) is 0 Å². The monoisotopic (exact) mass is 400 g/mol. The van der Waals surface area contributed by atoms with Crippen LogP contribution in [0.1, 0.15) is 31.1 Å². The number of hydrogen-bond acceptors (Lipinski definition) is 2. The lowest BCUT2D eigenvalue weighted by Crippen LogP contribution is -2.53. The summed E-state index contributed by atoms with van der Waals surface area (Å²) in [7, 11) is 0. The van der Waals surface area contributed by atoms with Gasteiger partial charge >= 0.3 is 0 Å². The normalized spacial score (nSPS) is 16.0. The Morgan fingerprint density at radius 1 is 0.952 bits per heavy atom. The van der Waals surface area contributed by atoms with Crippen LogP contribution < -0.4 is 0 Å². The molecule has 1 aromatic rings. The minimum atomic E-state index is -0.359. The molecule has 0 unspecified atom stereocenters. The van der Waals surface area contributed by atoms with Crippen molar-refractivity contribution in [2.24, 2.45) is 5.41 Å². The van der Waals surface area contributed by atoms with Gasteiger partial charge in [-0.05, 0) is 46.9 Å². The van der Waals surface area contributed by atoms with Crippen molar-refractivity contribution < 1.29 is 9.59 Å². The SMILES string of the molecule is CC(C)(C)C(=O)N1CCN(C(=O)c2ccc(I)cc2)CC1. The molecule has 0 atom stereocenters. The van der Waals surface area contributed by atoms with Crippen molar-refractivity contribution in [2.45, 2.75) is 20.8 Å². The summed E-state index contributed by atoms with van der Waals surface area (Å²) in [4.78, 5) is 28.3. The molecule has 21 heavy (non-hydrogen) atoms. The molecular weight excluding hydrogens is 379 g/mol. The number of halogens is 1. The van der Waals surface area contributed by atoms with Crippen LogP contribution in [0.2, 0.25) is 0 Å². The maximum atomic E-state index is 12.4. The molecule has 1 aromatic carbocycles. The van der Waals surface area contributed by atoms with E-state index in [1.54, 1.807) is 0 Å². The highest BCUT2D eigenvalue weighted by atomic mass is 127. The molecule has 5 heteroatoms. The van der Waals surface area contributed by atoms with Gasteiger partial charge in [0.25, 0.3) is 5.91 Å². The van der Waals surface area contributed by atoms with Crippen molar-refractivity contribution in [3.05, 3.63) is 33.4 Å². The van der Waals surface area contributed by atoms with E-state index >= 15 is 0 Å². The molecule has 1 aliphatic heterocycles. The van der Waals surface area contributed by atoms with Crippen LogP contribution in [-0.2, 0) is 4.79 Å². The molecule has 0 aromatic heterocycles. The molecular formula is C16H21IN2O2. The molecule has 2 rings (SSSR count). The summed E-state index contributed by atoms with van der Waals surface area (Å²) in [6.07, 6.45) is 0. The number of carbonyl (C=O) groups excluding carboxylic acids is 2. The van der Waals surface area contributed by atoms with Crippen molar-refractivity contribution >= 4 is 34.4 Å². The van der Waals surface area contributed by atoms with Crippen LogP contribution in [0.15, 0.2) is 24.3 Å². The van der Waals surface area contributed by atoms with E-state index in [-0.39, 0.29) is 17.2 Å². The lowest BCUT2D eigenvalue weighted by Gasteiger charge is -2.37. The van der Waals surface area contributed by atoms with E-state index in [1.807, 2.05) is 54.8 Å². The number of nitrogens with zero attached hydrogens (tertiary/aromatic N) is 2. The van der Waals surface area contributed by atoms with E-state index in [9.17, 15) is 9.59 Å². The number of rotatable bonds is 1. The highest BCUT2D eigenvalue weighted by Crippen LogP contribution is 2.19. The van der Waals surface area contributed by atoms with Crippen LogP contribution in [-0.4, -0.2) is 47.8 Å². The van der Waals surface area contributed by atoms with Crippen molar-refractivity contribution in [1.29, 1.82) is 0 Å². The van der Waals surface area contributed by atoms with Gasteiger partial charge in [0.05, 0.1) is 0 Å². The standard InChI is InChI=1S/C16H21IN2O2/c1-16(2,3)15(21)19-10-8-18(9-11-19)14(20)12-4-6-13(17)7-5-12/h4-7H,8-11H2,1-3H3. The molecule has 0 aliphatic carbocycles. The van der Waals surface area contributed by atoms with E-state index < -0.39 is 0 Å². The Morgan fingerprint density at radius 3 is 1.90 bits per heavy atom. The highest BCUT2D eigenvalue weighted by molar-refractivity contribution is 14.1. The van der Waals surface area contributed by atoms with E-state index in [2.05, 4.69) is 22.6 Å². The fraction of sp³-hybridized carbons (Fsp3) is 0.500. The number of benzene rings is 1. The second-order valence-corrected chi connectivity index (χ2v) is 7.59. The van der Waals surface area contributed by atoms with Gasteiger partial charge in [-0.1, -0.05) is 20.8 Å². The minimum absolute atomic E-state index is 0.0502. The predicted octanol–water partition coefficient (Wildman–Crippen LogP) is 2.62. The van der Waals surface area contributed by atoms with Gasteiger partial charge in [-0.15, -0.1) is 0 Å². The zero-order valence-corrected chi connectivity index (χ0v) is 14.9. The van der Waals surface area contributed by atoms with Crippen molar-refractivity contribution in [3.8, 4) is 0 Å². The second-order valence-electron chi connectivity index (χ2n) is 6.34. The van der Waals surface area contributed by atoms with E-state index in [0.29, 0.717) is 31.7 Å². The van der Waals surface area contributed by atoms with Crippen LogP contribution in [0.25, 0.3) is 0 Å². The molecule has 1 fully saturated rings. The largest absolute Gasteiger partial charge is 0.339 e. The summed E-state index contributed by atoms with van der Waals surface area (Å²) in [5.74, 6) is 0.207. The first-order valence-corrected chi connectivity index (χ1v) is 8.21. The zero-order chi connectivity index (χ0) is 15.6. The summed E-state index contributed by atoms with van der Waals surface area (Å²) in [5, 5.41) is 0. The summed E-state index contributed by atoms with van der Waals surface area (Å²) < 4.78 is 1.12. The third kappa shape index (κ3) is 3.96. The van der Waals surface area contributed by atoms with Crippen LogP contribution in [0.4, 0.5) is 0 Å². The highest BCUT2D eigenvalue weighted by Gasteiger charge is 2.30. The van der Waals surface area contributed by atoms with Crippen molar-refractivity contribution in [2.75, 3.05) is 26.2 Å². The van der Waals surface area contributed by atoms with Gasteiger partial charge in [-0.3, -0.25) is 9.59 Å². The quantitative estimate of drug-likeness (QED) is 0.681. The maximum absolute atomic E-state index is 12.4. The smallest absolute Gasteiger partial charge is 0.253 e. The molecule has 0 radical (unpaired) electrons. The van der Waals surface area contributed by atoms with Crippen LogP contribution in [0, 0.1) is 8.99 Å². The average Bonchev–Trinajstić information content (AvgIpc) is 2.46. The summed E-state index contributed by atoms with van der Waals surface area (Å²) in [5.41, 5.74) is 0.355. The number of carbonyl (C=O) groups is 2. The van der Waals surface area contributed by atoms with Gasteiger partial charge in [0, 0.05) is 40.7 Å².